The van der Waals surface area contributed by atoms with E-state index in [1.807, 2.05) is 0 Å². The largest absolute Gasteiger partial charge is 0.496 e. The molecule has 1 aromatic carbocycles. The Kier molecular flexibility index (Phi) is 3.01. The molecule has 5 nitrogen and oxygen atoms in total. The minimum absolute atomic E-state index is 0.0911. The molecule has 0 saturated carbocycles. The Morgan fingerprint density at radius 2 is 2.22 bits per heavy atom. The van der Waals surface area contributed by atoms with Crippen molar-refractivity contribution in [1.82, 2.24) is 10.2 Å². The number of carboxylic acids is 1. The first-order valence-corrected chi connectivity index (χ1v) is 5.16. The average Bonchev–Trinajstić information content (AvgIpc) is 2.79. The van der Waals surface area contributed by atoms with Gasteiger partial charge in [0, 0.05) is 11.1 Å². The first-order valence-electron chi connectivity index (χ1n) is 5.16. The summed E-state index contributed by atoms with van der Waals surface area (Å²) in [6.45, 7) is 1.69. The molecule has 2 aromatic rings. The molecule has 0 atom stereocenters. The molecule has 0 radical (unpaired) electrons. The molecule has 0 amide bonds. The number of methoxy groups -OCH3 is 1. The molecule has 18 heavy (non-hydrogen) atoms. The Labute approximate surface area is 102 Å². The number of hydrogen-bond acceptors (Lipinski definition) is 3. The summed E-state index contributed by atoms with van der Waals surface area (Å²) < 4.78 is 18.9. The van der Waals surface area contributed by atoms with Crippen LogP contribution in [0.5, 0.6) is 5.75 Å². The lowest BCUT2D eigenvalue weighted by Gasteiger charge is -2.09. The number of aromatic carboxylic acids is 1. The summed E-state index contributed by atoms with van der Waals surface area (Å²) >= 11 is 0. The third-order valence-corrected chi connectivity index (χ3v) is 2.65. The van der Waals surface area contributed by atoms with Crippen LogP contribution in [-0.4, -0.2) is 28.4 Å². The van der Waals surface area contributed by atoms with Gasteiger partial charge in [0.1, 0.15) is 17.3 Å². The highest BCUT2D eigenvalue weighted by Crippen LogP contribution is 2.31. The van der Waals surface area contributed by atoms with Crippen LogP contribution in [0.3, 0.4) is 0 Å². The van der Waals surface area contributed by atoms with E-state index in [1.54, 1.807) is 6.92 Å². The average molecular weight is 250 g/mol. The molecule has 0 aliphatic heterocycles. The fraction of sp³-hybridized carbons (Fsp3) is 0.167. The number of H-pyrrole nitrogens is 1. The van der Waals surface area contributed by atoms with Gasteiger partial charge in [-0.3, -0.25) is 5.10 Å². The molecule has 2 N–H and O–H groups in total. The first kappa shape index (κ1) is 12.1. The third kappa shape index (κ3) is 1.92. The van der Waals surface area contributed by atoms with Gasteiger partial charge >= 0.3 is 5.97 Å². The number of carboxylic acid groups (broad SMARTS) is 1. The van der Waals surface area contributed by atoms with Crippen LogP contribution in [0.25, 0.3) is 11.3 Å². The number of hydrogen-bond donors (Lipinski definition) is 2. The summed E-state index contributed by atoms with van der Waals surface area (Å²) in [5, 5.41) is 14.9. The summed E-state index contributed by atoms with van der Waals surface area (Å²) in [5.74, 6) is -1.10. The highest BCUT2D eigenvalue weighted by atomic mass is 19.1. The van der Waals surface area contributed by atoms with Gasteiger partial charge in [-0.1, -0.05) is 0 Å². The van der Waals surface area contributed by atoms with Gasteiger partial charge in [-0.25, -0.2) is 9.18 Å². The maximum Gasteiger partial charge on any atom is 0.353 e. The molecule has 1 heterocycles. The van der Waals surface area contributed by atoms with Crippen molar-refractivity contribution in [1.29, 1.82) is 0 Å². The minimum atomic E-state index is -1.14. The SMILES string of the molecule is COc1ccc(F)c(-c2cc(C(=O)O)[nH]n2)c1C. The Bertz CT molecular complexity index is 607. The van der Waals surface area contributed by atoms with Crippen LogP contribution in [0.2, 0.25) is 0 Å². The molecular weight excluding hydrogens is 239 g/mol. The summed E-state index contributed by atoms with van der Waals surface area (Å²) in [5.41, 5.74) is 0.951. The second-order valence-corrected chi connectivity index (χ2v) is 3.72. The van der Waals surface area contributed by atoms with E-state index in [2.05, 4.69) is 10.2 Å². The van der Waals surface area contributed by atoms with Crippen molar-refractivity contribution < 1.29 is 19.0 Å². The molecule has 0 spiro atoms. The lowest BCUT2D eigenvalue weighted by Crippen LogP contribution is -1.95. The Hall–Kier alpha value is -2.37. The van der Waals surface area contributed by atoms with Crippen molar-refractivity contribution in [3.05, 3.63) is 35.3 Å². The fourth-order valence-corrected chi connectivity index (χ4v) is 1.75. The molecule has 2 rings (SSSR count). The maximum atomic E-state index is 13.8. The lowest BCUT2D eigenvalue weighted by molar-refractivity contribution is 0.0690. The van der Waals surface area contributed by atoms with Gasteiger partial charge in [0.05, 0.1) is 12.8 Å². The van der Waals surface area contributed by atoms with Crippen molar-refractivity contribution in [2.45, 2.75) is 6.92 Å². The zero-order valence-corrected chi connectivity index (χ0v) is 9.82. The number of aromatic nitrogens is 2. The summed E-state index contributed by atoms with van der Waals surface area (Å²) in [7, 11) is 1.48. The number of ether oxygens (including phenoxy) is 1. The van der Waals surface area contributed by atoms with Gasteiger partial charge in [0.15, 0.2) is 0 Å². The van der Waals surface area contributed by atoms with Crippen LogP contribution in [0, 0.1) is 12.7 Å². The minimum Gasteiger partial charge on any atom is -0.496 e. The van der Waals surface area contributed by atoms with E-state index in [1.165, 1.54) is 25.3 Å². The van der Waals surface area contributed by atoms with Gasteiger partial charge in [-0.2, -0.15) is 5.10 Å². The van der Waals surface area contributed by atoms with Crippen molar-refractivity contribution in [3.63, 3.8) is 0 Å². The number of benzene rings is 1. The predicted molar refractivity (Wildman–Crippen MR) is 62.2 cm³/mol. The van der Waals surface area contributed by atoms with E-state index in [0.29, 0.717) is 11.3 Å². The van der Waals surface area contributed by atoms with Gasteiger partial charge in [0.25, 0.3) is 0 Å². The Balaban J connectivity index is 2.58. The number of carbonyl (C=O) groups is 1. The predicted octanol–water partition coefficient (Wildman–Crippen LogP) is 2.23. The van der Waals surface area contributed by atoms with Crippen LogP contribution in [0.15, 0.2) is 18.2 Å². The standard InChI is InChI=1S/C12H11FN2O3/c1-6-10(18-2)4-3-7(13)11(6)8-5-9(12(16)17)15-14-8/h3-5H,1-2H3,(H,14,15)(H,16,17). The number of nitrogens with one attached hydrogen (secondary N) is 1. The second-order valence-electron chi connectivity index (χ2n) is 3.72. The number of rotatable bonds is 3. The van der Waals surface area contributed by atoms with Gasteiger partial charge in [-0.15, -0.1) is 0 Å². The normalized spacial score (nSPS) is 10.4. The highest BCUT2D eigenvalue weighted by Gasteiger charge is 2.17. The number of halogens is 1. The fourth-order valence-electron chi connectivity index (χ4n) is 1.75. The monoisotopic (exact) mass is 250 g/mol. The topological polar surface area (TPSA) is 75.2 Å². The second kappa shape index (κ2) is 4.48. The quantitative estimate of drug-likeness (QED) is 0.875. The van der Waals surface area contributed by atoms with Crippen LogP contribution in [0.1, 0.15) is 16.1 Å². The molecule has 0 aliphatic rings. The van der Waals surface area contributed by atoms with Crippen molar-refractivity contribution in [2.75, 3.05) is 7.11 Å². The highest BCUT2D eigenvalue weighted by molar-refractivity contribution is 5.87. The smallest absolute Gasteiger partial charge is 0.353 e. The van der Waals surface area contributed by atoms with Crippen molar-refractivity contribution in [3.8, 4) is 17.0 Å². The first-order chi connectivity index (χ1) is 8.54. The van der Waals surface area contributed by atoms with Crippen LogP contribution >= 0.6 is 0 Å². The maximum absolute atomic E-state index is 13.8. The Morgan fingerprint density at radius 3 is 2.78 bits per heavy atom. The molecular formula is C12H11FN2O3. The molecule has 0 unspecified atom stereocenters. The Morgan fingerprint density at radius 1 is 1.50 bits per heavy atom. The van der Waals surface area contributed by atoms with E-state index in [9.17, 15) is 9.18 Å². The van der Waals surface area contributed by atoms with E-state index in [4.69, 9.17) is 9.84 Å². The van der Waals surface area contributed by atoms with Crippen molar-refractivity contribution in [2.24, 2.45) is 0 Å². The number of nitrogens with zero attached hydrogens (tertiary/aromatic N) is 1. The van der Waals surface area contributed by atoms with Crippen molar-refractivity contribution >= 4 is 5.97 Å². The number of aromatic amines is 1. The summed E-state index contributed by atoms with van der Waals surface area (Å²) in [6, 6.07) is 4.06. The van der Waals surface area contributed by atoms with E-state index >= 15 is 0 Å². The van der Waals surface area contributed by atoms with Crippen LogP contribution in [0.4, 0.5) is 4.39 Å². The van der Waals surface area contributed by atoms with Crippen LogP contribution in [-0.2, 0) is 0 Å². The molecule has 94 valence electrons. The lowest BCUT2D eigenvalue weighted by atomic mass is 10.0. The zero-order chi connectivity index (χ0) is 13.3. The van der Waals surface area contributed by atoms with E-state index < -0.39 is 11.8 Å². The van der Waals surface area contributed by atoms with E-state index in [-0.39, 0.29) is 17.0 Å². The van der Waals surface area contributed by atoms with E-state index in [0.717, 1.165) is 0 Å². The van der Waals surface area contributed by atoms with Crippen LogP contribution < -0.4 is 4.74 Å². The molecule has 6 heteroatoms. The molecule has 0 saturated heterocycles. The summed E-state index contributed by atoms with van der Waals surface area (Å²) in [6.07, 6.45) is 0. The summed E-state index contributed by atoms with van der Waals surface area (Å²) in [4.78, 5) is 10.7. The zero-order valence-electron chi connectivity index (χ0n) is 9.82. The van der Waals surface area contributed by atoms with Gasteiger partial charge in [0.2, 0.25) is 0 Å². The molecule has 0 fully saturated rings. The third-order valence-electron chi connectivity index (χ3n) is 2.65. The molecule has 0 bridgehead atoms. The van der Waals surface area contributed by atoms with Gasteiger partial charge in [-0.05, 0) is 25.1 Å². The molecule has 0 aliphatic carbocycles. The molecule has 1 aromatic heterocycles. The van der Waals surface area contributed by atoms with Gasteiger partial charge < -0.3 is 9.84 Å².